The predicted octanol–water partition coefficient (Wildman–Crippen LogP) is 12.7. The van der Waals surface area contributed by atoms with Gasteiger partial charge in [0.1, 0.15) is 22.3 Å². The van der Waals surface area contributed by atoms with Gasteiger partial charge in [-0.05, 0) is 65.7 Å². The summed E-state index contributed by atoms with van der Waals surface area (Å²) in [4.78, 5) is 15.1. The molecule has 0 radical (unpaired) electrons. The Kier molecular flexibility index (Phi) is 6.05. The van der Waals surface area contributed by atoms with Gasteiger partial charge >= 0.3 is 0 Å². The zero-order valence-electron chi connectivity index (χ0n) is 27.0. The molecule has 4 heterocycles. The van der Waals surface area contributed by atoms with Gasteiger partial charge in [-0.1, -0.05) is 97.1 Å². The first-order chi connectivity index (χ1) is 25.2. The zero-order valence-corrected chi connectivity index (χ0v) is 27.8. The minimum Gasteiger partial charge on any atom is -0.456 e. The van der Waals surface area contributed by atoms with Crippen molar-refractivity contribution in [2.24, 2.45) is 0 Å². The molecular weight excluding hydrogens is 647 g/mol. The van der Waals surface area contributed by atoms with Gasteiger partial charge < -0.3 is 8.83 Å². The van der Waals surface area contributed by atoms with Gasteiger partial charge in [-0.25, -0.2) is 15.0 Å². The molecule has 4 aromatic heterocycles. The lowest BCUT2D eigenvalue weighted by Gasteiger charge is -2.09. The highest BCUT2D eigenvalue weighted by Gasteiger charge is 2.19. The Bertz CT molecular complexity index is 3160. The molecule has 0 aliphatic rings. The molecular formula is C45H25N3O2S. The summed E-state index contributed by atoms with van der Waals surface area (Å²) in [7, 11) is 0. The number of nitrogens with zero attached hydrogens (tertiary/aromatic N) is 3. The average Bonchev–Trinajstić information content (AvgIpc) is 3.88. The van der Waals surface area contributed by atoms with E-state index in [1.54, 1.807) is 0 Å². The number of hydrogen-bond donors (Lipinski definition) is 0. The van der Waals surface area contributed by atoms with Gasteiger partial charge in [0.05, 0.1) is 0 Å². The largest absolute Gasteiger partial charge is 0.456 e. The number of fused-ring (bicyclic) bond motifs is 9. The van der Waals surface area contributed by atoms with Crippen LogP contribution in [0, 0.1) is 0 Å². The van der Waals surface area contributed by atoms with Crippen molar-refractivity contribution in [3.05, 3.63) is 152 Å². The summed E-state index contributed by atoms with van der Waals surface area (Å²) in [6, 6.07) is 52.2. The summed E-state index contributed by atoms with van der Waals surface area (Å²) in [6.45, 7) is 0. The second kappa shape index (κ2) is 10.9. The maximum absolute atomic E-state index is 6.46. The fourth-order valence-electron chi connectivity index (χ4n) is 7.30. The van der Waals surface area contributed by atoms with Crippen LogP contribution >= 0.6 is 11.3 Å². The molecule has 0 unspecified atom stereocenters. The molecule has 238 valence electrons. The molecule has 0 spiro atoms. The number of furan rings is 2. The number of hydrogen-bond acceptors (Lipinski definition) is 6. The van der Waals surface area contributed by atoms with Crippen LogP contribution in [0.4, 0.5) is 0 Å². The fraction of sp³-hybridized carbons (Fsp3) is 0. The van der Waals surface area contributed by atoms with E-state index in [9.17, 15) is 0 Å². The van der Waals surface area contributed by atoms with Crippen LogP contribution in [0.15, 0.2) is 160 Å². The van der Waals surface area contributed by atoms with Gasteiger partial charge in [0.25, 0.3) is 0 Å². The second-order valence-corrected chi connectivity index (χ2v) is 13.9. The number of benzene rings is 7. The van der Waals surface area contributed by atoms with Crippen LogP contribution in [0.25, 0.3) is 109 Å². The molecule has 11 rings (SSSR count). The van der Waals surface area contributed by atoms with Crippen LogP contribution in [0.3, 0.4) is 0 Å². The molecule has 0 saturated heterocycles. The quantitative estimate of drug-likeness (QED) is 0.186. The standard InChI is InChI=1S/C45H25N3O2S/c1-2-9-26(10-3-1)43-46-44(48-45(47-43)33-13-8-15-38-42(33)32-12-4-6-14-36(32)49-38)29-17-20-30-34-23-27(18-21-37(34)50-39(30)25-29)28-19-22-41-35(24-28)31-11-5-7-16-40(31)51-41/h1-25H. The number of rotatable bonds is 4. The number of aromatic nitrogens is 3. The third-order valence-electron chi connectivity index (χ3n) is 9.75. The van der Waals surface area contributed by atoms with E-state index in [1.165, 1.54) is 25.7 Å². The minimum atomic E-state index is 0.572. The van der Waals surface area contributed by atoms with Crippen LogP contribution in [0.2, 0.25) is 0 Å². The Hall–Kier alpha value is -6.63. The summed E-state index contributed by atoms with van der Waals surface area (Å²) in [5, 5.41) is 6.72. The van der Waals surface area contributed by atoms with E-state index in [-0.39, 0.29) is 0 Å². The predicted molar refractivity (Wildman–Crippen MR) is 209 cm³/mol. The van der Waals surface area contributed by atoms with Crippen molar-refractivity contribution in [2.75, 3.05) is 0 Å². The molecule has 0 amide bonds. The Balaban J connectivity index is 1.05. The van der Waals surface area contributed by atoms with Crippen LogP contribution in [-0.2, 0) is 0 Å². The molecule has 51 heavy (non-hydrogen) atoms. The number of para-hydroxylation sites is 1. The molecule has 0 aliphatic heterocycles. The molecule has 11 aromatic rings. The summed E-state index contributed by atoms with van der Waals surface area (Å²) in [6.07, 6.45) is 0. The molecule has 0 bridgehead atoms. The molecule has 5 nitrogen and oxygen atoms in total. The van der Waals surface area contributed by atoms with Crippen molar-refractivity contribution in [3.63, 3.8) is 0 Å². The van der Waals surface area contributed by atoms with Gasteiger partial charge in [-0.3, -0.25) is 0 Å². The van der Waals surface area contributed by atoms with Gasteiger partial charge in [-0.2, -0.15) is 0 Å². The summed E-state index contributed by atoms with van der Waals surface area (Å²) in [5.74, 6) is 1.76. The zero-order chi connectivity index (χ0) is 33.5. The lowest BCUT2D eigenvalue weighted by Crippen LogP contribution is -2.00. The topological polar surface area (TPSA) is 65.0 Å². The average molecular weight is 672 g/mol. The van der Waals surface area contributed by atoms with E-state index in [4.69, 9.17) is 23.8 Å². The van der Waals surface area contributed by atoms with E-state index >= 15 is 0 Å². The van der Waals surface area contributed by atoms with Crippen molar-refractivity contribution in [3.8, 4) is 45.3 Å². The van der Waals surface area contributed by atoms with Crippen molar-refractivity contribution in [1.29, 1.82) is 0 Å². The highest BCUT2D eigenvalue weighted by Crippen LogP contribution is 2.40. The SMILES string of the molecule is c1ccc(-c2nc(-c3ccc4c(c3)oc3ccc(-c5ccc6sc7ccccc7c6c5)cc34)nc(-c3cccc4oc5ccccc5c34)n2)cc1. The maximum atomic E-state index is 6.46. The summed E-state index contributed by atoms with van der Waals surface area (Å²) < 4.78 is 15.3. The molecule has 0 saturated carbocycles. The third-order valence-corrected chi connectivity index (χ3v) is 10.9. The monoisotopic (exact) mass is 671 g/mol. The summed E-state index contributed by atoms with van der Waals surface area (Å²) in [5.41, 5.74) is 8.24. The van der Waals surface area contributed by atoms with Crippen LogP contribution in [0.5, 0.6) is 0 Å². The molecule has 0 N–H and O–H groups in total. The molecule has 0 atom stereocenters. The Morgan fingerprint density at radius 2 is 1.00 bits per heavy atom. The first-order valence-corrected chi connectivity index (χ1v) is 17.7. The Labute approximate surface area is 295 Å². The van der Waals surface area contributed by atoms with Gasteiger partial charge in [0, 0.05) is 58.4 Å². The van der Waals surface area contributed by atoms with E-state index in [2.05, 4.69) is 84.9 Å². The van der Waals surface area contributed by atoms with Gasteiger partial charge in [-0.15, -0.1) is 11.3 Å². The third kappa shape index (κ3) is 4.50. The molecule has 7 aromatic carbocycles. The Morgan fingerprint density at radius 1 is 0.353 bits per heavy atom. The maximum Gasteiger partial charge on any atom is 0.164 e. The normalized spacial score (nSPS) is 11.9. The van der Waals surface area contributed by atoms with E-state index in [1.807, 2.05) is 78.1 Å². The van der Waals surface area contributed by atoms with E-state index in [0.29, 0.717) is 17.5 Å². The Morgan fingerprint density at radius 3 is 1.90 bits per heavy atom. The molecule has 0 fully saturated rings. The highest BCUT2D eigenvalue weighted by atomic mass is 32.1. The van der Waals surface area contributed by atoms with E-state index in [0.717, 1.165) is 66.1 Å². The van der Waals surface area contributed by atoms with E-state index < -0.39 is 0 Å². The summed E-state index contributed by atoms with van der Waals surface area (Å²) >= 11 is 1.84. The van der Waals surface area contributed by atoms with Crippen molar-refractivity contribution < 1.29 is 8.83 Å². The van der Waals surface area contributed by atoms with Gasteiger partial charge in [0.2, 0.25) is 0 Å². The fourth-order valence-corrected chi connectivity index (χ4v) is 8.39. The lowest BCUT2D eigenvalue weighted by molar-refractivity contribution is 0.668. The van der Waals surface area contributed by atoms with Crippen LogP contribution < -0.4 is 0 Å². The van der Waals surface area contributed by atoms with Gasteiger partial charge in [0.15, 0.2) is 17.5 Å². The first kappa shape index (κ1) is 28.2. The van der Waals surface area contributed by atoms with Crippen molar-refractivity contribution in [2.45, 2.75) is 0 Å². The number of thiophene rings is 1. The highest BCUT2D eigenvalue weighted by molar-refractivity contribution is 7.25. The minimum absolute atomic E-state index is 0.572. The molecule has 0 aliphatic carbocycles. The first-order valence-electron chi connectivity index (χ1n) is 16.8. The lowest BCUT2D eigenvalue weighted by atomic mass is 10.0. The van der Waals surface area contributed by atoms with Crippen LogP contribution in [0.1, 0.15) is 0 Å². The second-order valence-electron chi connectivity index (χ2n) is 12.8. The van der Waals surface area contributed by atoms with Crippen molar-refractivity contribution >= 4 is 75.4 Å². The van der Waals surface area contributed by atoms with Crippen LogP contribution in [-0.4, -0.2) is 15.0 Å². The molecule has 6 heteroatoms. The van der Waals surface area contributed by atoms with Crippen molar-refractivity contribution in [1.82, 2.24) is 15.0 Å². The smallest absolute Gasteiger partial charge is 0.164 e.